The van der Waals surface area contributed by atoms with E-state index in [1.165, 1.54) is 15.8 Å². The van der Waals surface area contributed by atoms with Crippen LogP contribution in [-0.4, -0.2) is 55.1 Å². The Morgan fingerprint density at radius 3 is 2.84 bits per heavy atom. The number of piperazine rings is 1. The fraction of sp³-hybridized carbons (Fsp3) is 0.417. The molecule has 2 aromatic heterocycles. The van der Waals surface area contributed by atoms with Gasteiger partial charge < -0.3 is 15.0 Å². The second-order valence-corrected chi connectivity index (χ2v) is 9.15. The molecule has 7 heteroatoms. The van der Waals surface area contributed by atoms with Crippen LogP contribution in [0.25, 0.3) is 10.1 Å². The van der Waals surface area contributed by atoms with Crippen molar-refractivity contribution < 1.29 is 9.53 Å². The molecule has 0 aliphatic carbocycles. The third kappa shape index (κ3) is 4.67. The number of carbonyl (C=O) groups excluding carboxylic acids is 1. The van der Waals surface area contributed by atoms with E-state index in [4.69, 9.17) is 4.74 Å². The predicted molar refractivity (Wildman–Crippen MR) is 126 cm³/mol. The number of thiophene rings is 1. The number of nitrogens with zero attached hydrogens (tertiary/aromatic N) is 3. The molecule has 1 aromatic carbocycles. The molecule has 0 unspecified atom stereocenters. The van der Waals surface area contributed by atoms with Crippen LogP contribution in [0.5, 0.6) is 5.88 Å². The number of hydrogen-bond acceptors (Lipinski definition) is 6. The molecule has 5 rings (SSSR count). The van der Waals surface area contributed by atoms with Gasteiger partial charge in [0.2, 0.25) is 11.8 Å². The van der Waals surface area contributed by atoms with Gasteiger partial charge >= 0.3 is 0 Å². The van der Waals surface area contributed by atoms with Gasteiger partial charge in [-0.3, -0.25) is 9.69 Å². The largest absolute Gasteiger partial charge is 0.478 e. The Hall–Kier alpha value is -2.64. The van der Waals surface area contributed by atoms with Gasteiger partial charge in [0.25, 0.3) is 0 Å². The summed E-state index contributed by atoms with van der Waals surface area (Å²) in [6.07, 6.45) is 3.40. The maximum atomic E-state index is 11.5. The zero-order chi connectivity index (χ0) is 21.0. The van der Waals surface area contributed by atoms with Crippen molar-refractivity contribution >= 4 is 38.8 Å². The number of ether oxygens (including phenoxy) is 1. The molecule has 3 aromatic rings. The zero-order valence-electron chi connectivity index (χ0n) is 17.7. The Morgan fingerprint density at radius 1 is 1.03 bits per heavy atom. The number of amides is 1. The zero-order valence-corrected chi connectivity index (χ0v) is 18.5. The van der Waals surface area contributed by atoms with E-state index in [9.17, 15) is 4.79 Å². The molecule has 0 saturated carbocycles. The highest BCUT2D eigenvalue weighted by Crippen LogP contribution is 2.31. The van der Waals surface area contributed by atoms with Crippen molar-refractivity contribution in [2.75, 3.05) is 49.5 Å². The first kappa shape index (κ1) is 20.3. The van der Waals surface area contributed by atoms with Gasteiger partial charge in [-0.25, -0.2) is 0 Å². The lowest BCUT2D eigenvalue weighted by Crippen LogP contribution is -2.46. The van der Waals surface area contributed by atoms with Crippen molar-refractivity contribution in [1.29, 1.82) is 0 Å². The monoisotopic (exact) mass is 436 g/mol. The highest BCUT2D eigenvalue weighted by atomic mass is 32.1. The SMILES string of the molecule is O=C1CCc2ccc(OCCCCN3CCN(c4cccc5sccc45)CC3)nc2N1. The average Bonchev–Trinajstić information content (AvgIpc) is 3.28. The Labute approximate surface area is 186 Å². The summed E-state index contributed by atoms with van der Waals surface area (Å²) < 4.78 is 7.19. The lowest BCUT2D eigenvalue weighted by atomic mass is 10.1. The van der Waals surface area contributed by atoms with Crippen LogP contribution in [-0.2, 0) is 11.2 Å². The molecule has 162 valence electrons. The van der Waals surface area contributed by atoms with Crippen LogP contribution in [0.3, 0.4) is 0 Å². The number of carbonyl (C=O) groups is 1. The summed E-state index contributed by atoms with van der Waals surface area (Å²) >= 11 is 1.82. The molecule has 1 saturated heterocycles. The second-order valence-electron chi connectivity index (χ2n) is 8.20. The maximum Gasteiger partial charge on any atom is 0.225 e. The number of hydrogen-bond donors (Lipinski definition) is 1. The first-order chi connectivity index (χ1) is 15.3. The van der Waals surface area contributed by atoms with E-state index >= 15 is 0 Å². The topological polar surface area (TPSA) is 57.7 Å². The van der Waals surface area contributed by atoms with Crippen LogP contribution in [0.4, 0.5) is 11.5 Å². The molecular formula is C24H28N4O2S. The van der Waals surface area contributed by atoms with Gasteiger partial charge in [0.15, 0.2) is 0 Å². The number of rotatable bonds is 7. The van der Waals surface area contributed by atoms with Gasteiger partial charge in [0, 0.05) is 54.4 Å². The van der Waals surface area contributed by atoms with Gasteiger partial charge in [0.05, 0.1) is 6.61 Å². The summed E-state index contributed by atoms with van der Waals surface area (Å²) in [4.78, 5) is 21.0. The van der Waals surface area contributed by atoms with Crippen molar-refractivity contribution in [3.05, 3.63) is 47.3 Å². The molecule has 0 bridgehead atoms. The molecule has 6 nitrogen and oxygen atoms in total. The van der Waals surface area contributed by atoms with Crippen LogP contribution in [0.2, 0.25) is 0 Å². The quantitative estimate of drug-likeness (QED) is 0.564. The number of nitrogens with one attached hydrogen (secondary N) is 1. The minimum atomic E-state index is 0.0317. The van der Waals surface area contributed by atoms with Crippen LogP contribution < -0.4 is 15.0 Å². The van der Waals surface area contributed by atoms with Crippen molar-refractivity contribution in [1.82, 2.24) is 9.88 Å². The van der Waals surface area contributed by atoms with Crippen molar-refractivity contribution in [2.45, 2.75) is 25.7 Å². The fourth-order valence-corrected chi connectivity index (χ4v) is 5.19. The Balaban J connectivity index is 1.03. The molecule has 0 spiro atoms. The molecule has 0 atom stereocenters. The minimum Gasteiger partial charge on any atom is -0.478 e. The van der Waals surface area contributed by atoms with E-state index in [0.717, 1.165) is 57.5 Å². The van der Waals surface area contributed by atoms with Crippen molar-refractivity contribution in [3.8, 4) is 5.88 Å². The average molecular weight is 437 g/mol. The molecule has 31 heavy (non-hydrogen) atoms. The number of aromatic nitrogens is 1. The number of anilines is 2. The third-order valence-corrected chi connectivity index (χ3v) is 7.02. The van der Waals surface area contributed by atoms with Crippen LogP contribution in [0.1, 0.15) is 24.8 Å². The molecule has 2 aliphatic rings. The van der Waals surface area contributed by atoms with E-state index in [2.05, 4.69) is 49.7 Å². The van der Waals surface area contributed by atoms with Gasteiger partial charge in [0.1, 0.15) is 5.82 Å². The standard InChI is InChI=1S/C24H28N4O2S/c29-22-8-6-18-7-9-23(26-24(18)25-22)30-16-2-1-11-27-12-14-28(15-13-27)20-4-3-5-21-19(20)10-17-31-21/h3-5,7,9-10,17H,1-2,6,8,11-16H2,(H,25,26,29). The van der Waals surface area contributed by atoms with Crippen LogP contribution in [0.15, 0.2) is 41.8 Å². The molecule has 1 N–H and O–H groups in total. The summed E-state index contributed by atoms with van der Waals surface area (Å²) in [5.74, 6) is 1.28. The summed E-state index contributed by atoms with van der Waals surface area (Å²) in [6, 6.07) is 12.8. The van der Waals surface area contributed by atoms with E-state index in [-0.39, 0.29) is 5.91 Å². The summed E-state index contributed by atoms with van der Waals surface area (Å²) in [7, 11) is 0. The van der Waals surface area contributed by atoms with Crippen molar-refractivity contribution in [3.63, 3.8) is 0 Å². The third-order valence-electron chi connectivity index (χ3n) is 6.14. The molecule has 1 amide bonds. The summed E-state index contributed by atoms with van der Waals surface area (Å²) in [6.45, 7) is 6.13. The number of pyridine rings is 1. The Morgan fingerprint density at radius 2 is 1.94 bits per heavy atom. The predicted octanol–water partition coefficient (Wildman–Crippen LogP) is 4.16. The van der Waals surface area contributed by atoms with Crippen LogP contribution in [0, 0.1) is 0 Å². The smallest absolute Gasteiger partial charge is 0.225 e. The Kier molecular flexibility index (Phi) is 6.04. The number of aryl methyl sites for hydroxylation is 1. The number of fused-ring (bicyclic) bond motifs is 2. The Bertz CT molecular complexity index is 1060. The number of unbranched alkanes of at least 4 members (excludes halogenated alkanes) is 1. The summed E-state index contributed by atoms with van der Waals surface area (Å²) in [5, 5.41) is 6.39. The first-order valence-corrected chi connectivity index (χ1v) is 12.0. The molecule has 4 heterocycles. The van der Waals surface area contributed by atoms with E-state index in [0.29, 0.717) is 24.7 Å². The number of benzene rings is 1. The maximum absolute atomic E-state index is 11.5. The van der Waals surface area contributed by atoms with Crippen LogP contribution >= 0.6 is 11.3 Å². The minimum absolute atomic E-state index is 0.0317. The van der Waals surface area contributed by atoms with Gasteiger partial charge in [-0.2, -0.15) is 4.98 Å². The van der Waals surface area contributed by atoms with Gasteiger partial charge in [-0.15, -0.1) is 11.3 Å². The highest BCUT2D eigenvalue weighted by Gasteiger charge is 2.19. The van der Waals surface area contributed by atoms with E-state index in [1.807, 2.05) is 23.5 Å². The molecule has 2 aliphatic heterocycles. The highest BCUT2D eigenvalue weighted by molar-refractivity contribution is 7.17. The first-order valence-electron chi connectivity index (χ1n) is 11.1. The molecule has 0 radical (unpaired) electrons. The molecule has 1 fully saturated rings. The molecular weight excluding hydrogens is 408 g/mol. The fourth-order valence-electron chi connectivity index (χ4n) is 4.38. The van der Waals surface area contributed by atoms with E-state index in [1.54, 1.807) is 0 Å². The lowest BCUT2D eigenvalue weighted by molar-refractivity contribution is -0.116. The summed E-state index contributed by atoms with van der Waals surface area (Å²) in [5.41, 5.74) is 2.46. The van der Waals surface area contributed by atoms with Gasteiger partial charge in [-0.1, -0.05) is 6.07 Å². The van der Waals surface area contributed by atoms with Crippen molar-refractivity contribution in [2.24, 2.45) is 0 Å². The van der Waals surface area contributed by atoms with E-state index < -0.39 is 0 Å². The van der Waals surface area contributed by atoms with Gasteiger partial charge in [-0.05, 0) is 61.0 Å². The lowest BCUT2D eigenvalue weighted by Gasteiger charge is -2.36. The second kappa shape index (κ2) is 9.24. The normalized spacial score (nSPS) is 16.9.